The number of rotatable bonds is 7. The lowest BCUT2D eigenvalue weighted by molar-refractivity contribution is -0.115. The van der Waals surface area contributed by atoms with Gasteiger partial charge in [-0.25, -0.2) is 4.68 Å². The first-order valence-electron chi connectivity index (χ1n) is 9.43. The molecule has 6 nitrogen and oxygen atoms in total. The van der Waals surface area contributed by atoms with Gasteiger partial charge in [-0.3, -0.25) is 9.48 Å². The maximum absolute atomic E-state index is 12.7. The number of hydrogen-bond acceptors (Lipinski definition) is 3. The fourth-order valence-electron chi connectivity index (χ4n) is 3.21. The zero-order valence-electron chi connectivity index (χ0n) is 16.7. The molecule has 0 saturated carbocycles. The lowest BCUT2D eigenvalue weighted by atomic mass is 10.1. The minimum Gasteiger partial charge on any atom is -0.311 e. The van der Waals surface area contributed by atoms with Crippen LogP contribution in [0.5, 0.6) is 0 Å². The van der Waals surface area contributed by atoms with Gasteiger partial charge in [0, 0.05) is 28.3 Å². The Labute approximate surface area is 174 Å². The molecule has 0 aliphatic carbocycles. The van der Waals surface area contributed by atoms with E-state index in [9.17, 15) is 4.79 Å². The summed E-state index contributed by atoms with van der Waals surface area (Å²) in [5, 5.41) is 11.9. The Kier molecular flexibility index (Phi) is 6.34. The molecule has 3 rings (SSSR count). The summed E-state index contributed by atoms with van der Waals surface area (Å²) >= 11 is 3.56. The van der Waals surface area contributed by atoms with Crippen molar-refractivity contribution in [3.05, 3.63) is 63.5 Å². The maximum Gasteiger partial charge on any atom is 0.230 e. The van der Waals surface area contributed by atoms with Gasteiger partial charge < -0.3 is 5.32 Å². The normalized spacial score (nSPS) is 11.2. The highest BCUT2D eigenvalue weighted by Crippen LogP contribution is 2.20. The quantitative estimate of drug-likeness (QED) is 0.590. The van der Waals surface area contributed by atoms with Gasteiger partial charge in [-0.1, -0.05) is 48.0 Å². The van der Waals surface area contributed by atoms with Crippen molar-refractivity contribution < 1.29 is 4.79 Å². The molecule has 1 N–H and O–H groups in total. The molecular weight excluding hydrogens is 418 g/mol. The number of benzene rings is 1. The van der Waals surface area contributed by atoms with Crippen LogP contribution in [0.15, 0.2) is 41.0 Å². The average Bonchev–Trinajstić information content (AvgIpc) is 3.16. The summed E-state index contributed by atoms with van der Waals surface area (Å²) in [5.74, 6) is 1.13. The Hall–Kier alpha value is -2.41. The van der Waals surface area contributed by atoms with E-state index in [1.165, 1.54) is 0 Å². The third-order valence-electron chi connectivity index (χ3n) is 4.67. The number of amides is 1. The molecule has 0 aliphatic rings. The second-order valence-electron chi connectivity index (χ2n) is 7.42. The minimum atomic E-state index is -0.0656. The first-order chi connectivity index (χ1) is 13.3. The number of nitrogens with one attached hydrogen (secondary N) is 1. The average molecular weight is 444 g/mol. The van der Waals surface area contributed by atoms with E-state index in [0.29, 0.717) is 24.7 Å². The van der Waals surface area contributed by atoms with E-state index >= 15 is 0 Å². The monoisotopic (exact) mass is 443 g/mol. The fourth-order valence-corrected chi connectivity index (χ4v) is 3.62. The van der Waals surface area contributed by atoms with Gasteiger partial charge in [-0.2, -0.15) is 10.2 Å². The largest absolute Gasteiger partial charge is 0.311 e. The van der Waals surface area contributed by atoms with Gasteiger partial charge in [0.1, 0.15) is 5.82 Å². The van der Waals surface area contributed by atoms with E-state index in [1.807, 2.05) is 48.9 Å². The van der Waals surface area contributed by atoms with Gasteiger partial charge in [0.25, 0.3) is 0 Å². The molecule has 0 bridgehead atoms. The van der Waals surface area contributed by atoms with Crippen molar-refractivity contribution in [2.24, 2.45) is 5.92 Å². The number of carbonyl (C=O) groups is 1. The van der Waals surface area contributed by atoms with E-state index in [1.54, 1.807) is 10.9 Å². The Morgan fingerprint density at radius 2 is 1.93 bits per heavy atom. The van der Waals surface area contributed by atoms with E-state index in [4.69, 9.17) is 0 Å². The number of hydrogen-bond donors (Lipinski definition) is 1. The number of carbonyl (C=O) groups excluding carboxylic acids is 1. The highest BCUT2D eigenvalue weighted by Gasteiger charge is 2.17. The number of anilines is 1. The highest BCUT2D eigenvalue weighted by atomic mass is 79.9. The molecule has 2 aromatic heterocycles. The lowest BCUT2D eigenvalue weighted by Crippen LogP contribution is -2.19. The third-order valence-corrected chi connectivity index (χ3v) is 5.44. The number of aryl methyl sites for hydroxylation is 1. The van der Waals surface area contributed by atoms with Gasteiger partial charge in [-0.05, 0) is 31.4 Å². The molecule has 0 unspecified atom stereocenters. The van der Waals surface area contributed by atoms with Crippen LogP contribution in [0, 0.1) is 19.8 Å². The number of halogens is 1. The standard InChI is InChI=1S/C21H26BrN5O/c1-14(2)12-26-16(4)18(15(3)25-26)11-21(28)24-20-9-10-23-27(20)13-17-7-5-6-8-19(17)22/h5-10,14H,11-13H2,1-4H3,(H,24,28). The predicted molar refractivity (Wildman–Crippen MR) is 114 cm³/mol. The fraction of sp³-hybridized carbons (Fsp3) is 0.381. The molecule has 7 heteroatoms. The number of nitrogens with zero attached hydrogens (tertiary/aromatic N) is 4. The van der Waals surface area contributed by atoms with Crippen molar-refractivity contribution in [1.82, 2.24) is 19.6 Å². The van der Waals surface area contributed by atoms with Gasteiger partial charge in [0.05, 0.1) is 24.9 Å². The summed E-state index contributed by atoms with van der Waals surface area (Å²) in [4.78, 5) is 12.7. The van der Waals surface area contributed by atoms with Gasteiger partial charge in [0.15, 0.2) is 0 Å². The molecule has 1 aromatic carbocycles. The summed E-state index contributed by atoms with van der Waals surface area (Å²) in [5.41, 5.74) is 4.07. The van der Waals surface area contributed by atoms with Crippen LogP contribution in [0.1, 0.15) is 36.4 Å². The van der Waals surface area contributed by atoms with Gasteiger partial charge in [0.2, 0.25) is 5.91 Å². The van der Waals surface area contributed by atoms with Crippen LogP contribution >= 0.6 is 15.9 Å². The van der Waals surface area contributed by atoms with Crippen LogP contribution in [-0.2, 0) is 24.3 Å². The molecule has 0 aliphatic heterocycles. The van der Waals surface area contributed by atoms with E-state index in [0.717, 1.165) is 33.5 Å². The van der Waals surface area contributed by atoms with Crippen LogP contribution in [-0.4, -0.2) is 25.5 Å². The molecular formula is C21H26BrN5O. The molecule has 0 saturated heterocycles. The molecule has 148 valence electrons. The smallest absolute Gasteiger partial charge is 0.230 e. The lowest BCUT2D eigenvalue weighted by Gasteiger charge is -2.11. The molecule has 2 heterocycles. The van der Waals surface area contributed by atoms with Crippen LogP contribution in [0.2, 0.25) is 0 Å². The van der Waals surface area contributed by atoms with Crippen molar-refractivity contribution in [3.63, 3.8) is 0 Å². The van der Waals surface area contributed by atoms with E-state index in [-0.39, 0.29) is 5.91 Å². The maximum atomic E-state index is 12.7. The summed E-state index contributed by atoms with van der Waals surface area (Å²) < 4.78 is 4.81. The molecule has 0 radical (unpaired) electrons. The molecule has 28 heavy (non-hydrogen) atoms. The molecule has 0 fully saturated rings. The molecule has 0 spiro atoms. The Balaban J connectivity index is 1.71. The third kappa shape index (κ3) is 4.70. The van der Waals surface area contributed by atoms with E-state index in [2.05, 4.69) is 45.3 Å². The van der Waals surface area contributed by atoms with Crippen molar-refractivity contribution in [2.45, 2.75) is 47.2 Å². The van der Waals surface area contributed by atoms with Crippen LogP contribution in [0.25, 0.3) is 0 Å². The van der Waals surface area contributed by atoms with Gasteiger partial charge in [-0.15, -0.1) is 0 Å². The van der Waals surface area contributed by atoms with Crippen molar-refractivity contribution in [2.75, 3.05) is 5.32 Å². The highest BCUT2D eigenvalue weighted by molar-refractivity contribution is 9.10. The molecule has 0 atom stereocenters. The second kappa shape index (κ2) is 8.73. The van der Waals surface area contributed by atoms with Crippen LogP contribution in [0.4, 0.5) is 5.82 Å². The molecule has 3 aromatic rings. The minimum absolute atomic E-state index is 0.0656. The van der Waals surface area contributed by atoms with Crippen molar-refractivity contribution in [3.8, 4) is 0 Å². The SMILES string of the molecule is Cc1nn(CC(C)C)c(C)c1CC(=O)Nc1ccnn1Cc1ccccc1Br. The summed E-state index contributed by atoms with van der Waals surface area (Å²) in [6, 6.07) is 9.81. The summed E-state index contributed by atoms with van der Waals surface area (Å²) in [6.07, 6.45) is 2.00. The summed E-state index contributed by atoms with van der Waals surface area (Å²) in [6.45, 7) is 9.75. The first kappa shape index (κ1) is 20.3. The zero-order valence-corrected chi connectivity index (χ0v) is 18.3. The molecule has 1 amide bonds. The van der Waals surface area contributed by atoms with E-state index < -0.39 is 0 Å². The zero-order chi connectivity index (χ0) is 20.3. The number of aromatic nitrogens is 4. The van der Waals surface area contributed by atoms with Gasteiger partial charge >= 0.3 is 0 Å². The van der Waals surface area contributed by atoms with Crippen molar-refractivity contribution >= 4 is 27.7 Å². The summed E-state index contributed by atoms with van der Waals surface area (Å²) in [7, 11) is 0. The van der Waals surface area contributed by atoms with Crippen LogP contribution < -0.4 is 5.32 Å². The van der Waals surface area contributed by atoms with Crippen LogP contribution in [0.3, 0.4) is 0 Å². The van der Waals surface area contributed by atoms with Crippen molar-refractivity contribution in [1.29, 1.82) is 0 Å². The second-order valence-corrected chi connectivity index (χ2v) is 8.27. The Morgan fingerprint density at radius 1 is 1.18 bits per heavy atom. The Morgan fingerprint density at radius 3 is 2.64 bits per heavy atom. The Bertz CT molecular complexity index is 973. The predicted octanol–water partition coefficient (Wildman–Crippen LogP) is 4.34. The first-order valence-corrected chi connectivity index (χ1v) is 10.2. The topological polar surface area (TPSA) is 64.7 Å².